The van der Waals surface area contributed by atoms with Crippen molar-refractivity contribution in [3.05, 3.63) is 82.7 Å². The van der Waals surface area contributed by atoms with Crippen molar-refractivity contribution in [3.63, 3.8) is 0 Å². The molecule has 2 aromatic heterocycles. The molecular weight excluding hydrogens is 351 g/mol. The van der Waals surface area contributed by atoms with E-state index in [1.165, 1.54) is 24.3 Å². The molecule has 0 saturated carbocycles. The van der Waals surface area contributed by atoms with Crippen LogP contribution in [0.25, 0.3) is 28.2 Å². The quantitative estimate of drug-likeness (QED) is 0.392. The first kappa shape index (κ1) is 16.6. The van der Waals surface area contributed by atoms with E-state index in [0.29, 0.717) is 28.3 Å². The lowest BCUT2D eigenvalue weighted by atomic mass is 10.0. The first-order valence-electron chi connectivity index (χ1n) is 8.04. The zero-order chi connectivity index (χ0) is 19.0. The van der Waals surface area contributed by atoms with Crippen LogP contribution in [0.15, 0.2) is 65.6 Å². The van der Waals surface area contributed by atoms with Crippen molar-refractivity contribution in [1.29, 1.82) is 0 Å². The number of nitrogens with zero attached hydrogens (tertiary/aromatic N) is 4. The molecule has 2 heterocycles. The molecule has 0 bridgehead atoms. The van der Waals surface area contributed by atoms with Crippen molar-refractivity contribution in [2.75, 3.05) is 0 Å². The lowest BCUT2D eigenvalue weighted by molar-refractivity contribution is -0.384. The van der Waals surface area contributed by atoms with Gasteiger partial charge in [0.05, 0.1) is 22.5 Å². The molecule has 134 valence electrons. The van der Waals surface area contributed by atoms with Gasteiger partial charge in [-0.1, -0.05) is 5.16 Å². The Morgan fingerprint density at radius 2 is 1.81 bits per heavy atom. The fourth-order valence-corrected chi connectivity index (χ4v) is 2.82. The highest BCUT2D eigenvalue weighted by molar-refractivity contribution is 5.80. The van der Waals surface area contributed by atoms with Gasteiger partial charge in [-0.3, -0.25) is 10.1 Å². The Morgan fingerprint density at radius 3 is 2.48 bits per heavy atom. The van der Waals surface area contributed by atoms with Crippen LogP contribution in [-0.2, 0) is 0 Å². The van der Waals surface area contributed by atoms with Crippen LogP contribution in [0.2, 0.25) is 0 Å². The van der Waals surface area contributed by atoms with E-state index in [4.69, 9.17) is 4.52 Å². The molecule has 0 aliphatic carbocycles. The topological polar surface area (TPSA) is 87.0 Å². The average molecular weight is 364 g/mol. The molecule has 8 heteroatoms. The summed E-state index contributed by atoms with van der Waals surface area (Å²) in [5, 5.41) is 14.9. The minimum Gasteiger partial charge on any atom is -0.360 e. The van der Waals surface area contributed by atoms with Crippen molar-refractivity contribution < 1.29 is 13.8 Å². The van der Waals surface area contributed by atoms with Gasteiger partial charge >= 0.3 is 0 Å². The summed E-state index contributed by atoms with van der Waals surface area (Å²) in [6, 6.07) is 12.1. The Bertz CT molecular complexity index is 1110. The smallest absolute Gasteiger partial charge is 0.269 e. The molecule has 0 aliphatic rings. The summed E-state index contributed by atoms with van der Waals surface area (Å²) in [4.78, 5) is 14.8. The maximum atomic E-state index is 13.2. The van der Waals surface area contributed by atoms with Crippen molar-refractivity contribution in [2.45, 2.75) is 6.92 Å². The van der Waals surface area contributed by atoms with Gasteiger partial charge in [0.1, 0.15) is 17.3 Å². The molecule has 0 aliphatic heterocycles. The Morgan fingerprint density at radius 1 is 1.11 bits per heavy atom. The average Bonchev–Trinajstić information content (AvgIpc) is 3.29. The fraction of sp³-hybridized carbons (Fsp3) is 0.0526. The molecule has 2 aromatic carbocycles. The van der Waals surface area contributed by atoms with E-state index >= 15 is 0 Å². The number of aryl methyl sites for hydroxylation is 1. The summed E-state index contributed by atoms with van der Waals surface area (Å²) in [5.74, 6) is 0.256. The van der Waals surface area contributed by atoms with Gasteiger partial charge in [0.25, 0.3) is 5.69 Å². The van der Waals surface area contributed by atoms with Gasteiger partial charge in [-0.05, 0) is 43.3 Å². The van der Waals surface area contributed by atoms with Gasteiger partial charge < -0.3 is 9.09 Å². The maximum Gasteiger partial charge on any atom is 0.269 e. The van der Waals surface area contributed by atoms with Crippen LogP contribution in [0.1, 0.15) is 5.76 Å². The second kappa shape index (κ2) is 6.49. The second-order valence-electron chi connectivity index (χ2n) is 5.91. The largest absolute Gasteiger partial charge is 0.360 e. The molecule has 0 unspecified atom stereocenters. The second-order valence-corrected chi connectivity index (χ2v) is 5.91. The lowest BCUT2D eigenvalue weighted by Gasteiger charge is -2.02. The van der Waals surface area contributed by atoms with E-state index in [1.54, 1.807) is 48.3 Å². The highest BCUT2D eigenvalue weighted by Crippen LogP contribution is 2.33. The summed E-state index contributed by atoms with van der Waals surface area (Å²) >= 11 is 0. The van der Waals surface area contributed by atoms with Gasteiger partial charge in [0.2, 0.25) is 0 Å². The molecule has 0 fully saturated rings. The van der Waals surface area contributed by atoms with Crippen molar-refractivity contribution in [2.24, 2.45) is 0 Å². The molecule has 0 amide bonds. The lowest BCUT2D eigenvalue weighted by Crippen LogP contribution is -1.92. The normalized spacial score (nSPS) is 10.9. The summed E-state index contributed by atoms with van der Waals surface area (Å²) in [6.07, 6.45) is 3.39. The van der Waals surface area contributed by atoms with Gasteiger partial charge in [0.15, 0.2) is 0 Å². The third-order valence-corrected chi connectivity index (χ3v) is 4.18. The van der Waals surface area contributed by atoms with Crippen LogP contribution in [0.4, 0.5) is 10.1 Å². The molecule has 4 aromatic rings. The number of nitro groups is 1. The predicted molar refractivity (Wildman–Crippen MR) is 95.8 cm³/mol. The number of benzene rings is 2. The van der Waals surface area contributed by atoms with Crippen LogP contribution in [0.5, 0.6) is 0 Å². The number of rotatable bonds is 4. The molecule has 7 nitrogen and oxygen atoms in total. The number of hydrogen-bond acceptors (Lipinski definition) is 5. The highest BCUT2D eigenvalue weighted by atomic mass is 19.1. The van der Waals surface area contributed by atoms with Crippen molar-refractivity contribution in [3.8, 4) is 28.2 Å². The summed E-state index contributed by atoms with van der Waals surface area (Å²) in [7, 11) is 0. The third-order valence-electron chi connectivity index (χ3n) is 4.18. The highest BCUT2D eigenvalue weighted by Gasteiger charge is 2.19. The number of non-ortho nitro benzene ring substituents is 1. The number of hydrogen-bond donors (Lipinski definition) is 0. The molecule has 0 atom stereocenters. The van der Waals surface area contributed by atoms with Gasteiger partial charge in [-0.15, -0.1) is 0 Å². The molecule has 4 rings (SSSR count). The van der Waals surface area contributed by atoms with Crippen LogP contribution in [0.3, 0.4) is 0 Å². The molecule has 27 heavy (non-hydrogen) atoms. The summed E-state index contributed by atoms with van der Waals surface area (Å²) in [5.41, 5.74) is 3.38. The fourth-order valence-electron chi connectivity index (χ4n) is 2.82. The Labute approximate surface area is 152 Å². The zero-order valence-corrected chi connectivity index (χ0v) is 14.2. The van der Waals surface area contributed by atoms with Crippen molar-refractivity contribution in [1.82, 2.24) is 14.7 Å². The monoisotopic (exact) mass is 364 g/mol. The SMILES string of the molecule is Cc1onc(-c2ccc(F)cc2)c1-c1cn(-c2ccc([N+](=O)[O-])cc2)cn1. The van der Waals surface area contributed by atoms with Crippen LogP contribution in [0, 0.1) is 22.9 Å². The Kier molecular flexibility index (Phi) is 4.00. The predicted octanol–water partition coefficient (Wildman–Crippen LogP) is 4.55. The van der Waals surface area contributed by atoms with Gasteiger partial charge in [-0.2, -0.15) is 0 Å². The zero-order valence-electron chi connectivity index (χ0n) is 14.2. The van der Waals surface area contributed by atoms with E-state index in [-0.39, 0.29) is 11.5 Å². The van der Waals surface area contributed by atoms with E-state index in [9.17, 15) is 14.5 Å². The molecule has 0 spiro atoms. The number of halogens is 1. The Hall–Kier alpha value is -3.81. The summed E-state index contributed by atoms with van der Waals surface area (Å²) in [6.45, 7) is 1.78. The minimum absolute atomic E-state index is 0.0209. The standard InChI is InChI=1S/C19H13FN4O3/c1-12-18(19(22-27-12)13-2-4-14(20)5-3-13)17-10-23(11-21-17)15-6-8-16(9-7-15)24(25)26/h2-11H,1H3. The first-order valence-corrected chi connectivity index (χ1v) is 8.04. The third kappa shape index (κ3) is 3.08. The molecular formula is C19H13FN4O3. The minimum atomic E-state index is -0.446. The molecule has 0 N–H and O–H groups in total. The van der Waals surface area contributed by atoms with E-state index in [0.717, 1.165) is 5.69 Å². The summed E-state index contributed by atoms with van der Waals surface area (Å²) < 4.78 is 20.3. The van der Waals surface area contributed by atoms with E-state index in [1.807, 2.05) is 0 Å². The van der Waals surface area contributed by atoms with Crippen LogP contribution < -0.4 is 0 Å². The van der Waals surface area contributed by atoms with Gasteiger partial charge in [0, 0.05) is 29.6 Å². The van der Waals surface area contributed by atoms with E-state index in [2.05, 4.69) is 10.1 Å². The van der Waals surface area contributed by atoms with Crippen molar-refractivity contribution >= 4 is 5.69 Å². The molecule has 0 saturated heterocycles. The van der Waals surface area contributed by atoms with Gasteiger partial charge in [-0.25, -0.2) is 9.37 Å². The van der Waals surface area contributed by atoms with Crippen LogP contribution in [-0.4, -0.2) is 19.6 Å². The molecule has 0 radical (unpaired) electrons. The van der Waals surface area contributed by atoms with Crippen LogP contribution >= 0.6 is 0 Å². The number of aromatic nitrogens is 3. The number of imidazole rings is 1. The van der Waals surface area contributed by atoms with E-state index < -0.39 is 4.92 Å². The number of nitro benzene ring substituents is 1. The maximum absolute atomic E-state index is 13.2. The Balaban J connectivity index is 1.72. The first-order chi connectivity index (χ1) is 13.0.